The van der Waals surface area contributed by atoms with Crippen molar-refractivity contribution in [1.29, 1.82) is 0 Å². The normalized spacial score (nSPS) is 10.7. The average molecular weight is 306 g/mol. The van der Waals surface area contributed by atoms with Crippen molar-refractivity contribution in [3.8, 4) is 0 Å². The van der Waals surface area contributed by atoms with E-state index in [1.165, 1.54) is 0 Å². The van der Waals surface area contributed by atoms with Crippen molar-refractivity contribution in [3.63, 3.8) is 0 Å². The van der Waals surface area contributed by atoms with Gasteiger partial charge in [-0.2, -0.15) is 5.11 Å². The molecule has 0 saturated carbocycles. The molecule has 0 aliphatic carbocycles. The van der Waals surface area contributed by atoms with Crippen LogP contribution in [0.25, 0.3) is 0 Å². The van der Waals surface area contributed by atoms with Gasteiger partial charge in [0.25, 0.3) is 0 Å². The Morgan fingerprint density at radius 2 is 1.72 bits per heavy atom. The molecule has 5 nitrogen and oxygen atoms in total. The van der Waals surface area contributed by atoms with Gasteiger partial charge in [0.2, 0.25) is 0 Å². The van der Waals surface area contributed by atoms with Crippen LogP contribution in [0.3, 0.4) is 0 Å². The number of rotatable bonds is 3. The van der Waals surface area contributed by atoms with Crippen molar-refractivity contribution < 1.29 is 4.92 Å². The van der Waals surface area contributed by atoms with Gasteiger partial charge in [0, 0.05) is 0 Å². The maximum absolute atomic E-state index is 10.9. The van der Waals surface area contributed by atoms with Crippen LogP contribution in [-0.4, -0.2) is 4.92 Å². The summed E-state index contributed by atoms with van der Waals surface area (Å²) in [6.45, 7) is 0. The van der Waals surface area contributed by atoms with Crippen molar-refractivity contribution in [2.75, 3.05) is 0 Å². The predicted octanol–water partition coefficient (Wildman–Crippen LogP) is 4.77. The minimum absolute atomic E-state index is 0.0859. The van der Waals surface area contributed by atoms with Crippen LogP contribution in [-0.2, 0) is 0 Å². The molecule has 0 bridgehead atoms. The Labute approximate surface area is 111 Å². The number of para-hydroxylation sites is 1. The van der Waals surface area contributed by atoms with Crippen molar-refractivity contribution in [2.24, 2.45) is 10.2 Å². The Bertz CT molecular complexity index is 600. The van der Waals surface area contributed by atoms with E-state index in [2.05, 4.69) is 26.2 Å². The molecule has 0 aliphatic heterocycles. The van der Waals surface area contributed by atoms with E-state index >= 15 is 0 Å². The minimum Gasteiger partial charge on any atom is -0.258 e. The second kappa shape index (κ2) is 5.50. The minimum atomic E-state index is -0.483. The molecule has 2 rings (SSSR count). The van der Waals surface area contributed by atoms with E-state index in [0.717, 1.165) is 0 Å². The number of nitrogens with zero attached hydrogens (tertiary/aromatic N) is 3. The lowest BCUT2D eigenvalue weighted by Crippen LogP contribution is -1.89. The number of nitro groups is 1. The van der Waals surface area contributed by atoms with E-state index < -0.39 is 4.92 Å². The first-order valence-electron chi connectivity index (χ1n) is 5.08. The Morgan fingerprint density at radius 1 is 1.00 bits per heavy atom. The summed E-state index contributed by atoms with van der Waals surface area (Å²) < 4.78 is 0.386. The third kappa shape index (κ3) is 2.78. The molecule has 0 aromatic heterocycles. The largest absolute Gasteiger partial charge is 0.310 e. The van der Waals surface area contributed by atoms with Crippen LogP contribution in [0.2, 0.25) is 0 Å². The lowest BCUT2D eigenvalue weighted by Gasteiger charge is -1.98. The molecule has 0 unspecified atom stereocenters. The molecule has 0 heterocycles. The lowest BCUT2D eigenvalue weighted by molar-refractivity contribution is -0.384. The molecule has 0 spiro atoms. The first kappa shape index (κ1) is 12.4. The zero-order valence-corrected chi connectivity index (χ0v) is 10.7. The average Bonchev–Trinajstić information content (AvgIpc) is 2.37. The van der Waals surface area contributed by atoms with Gasteiger partial charge in [-0.25, -0.2) is 0 Å². The topological polar surface area (TPSA) is 67.9 Å². The Kier molecular flexibility index (Phi) is 3.78. The Hall–Kier alpha value is -2.08. The highest BCUT2D eigenvalue weighted by Gasteiger charge is 2.17. The number of benzene rings is 2. The SMILES string of the molecule is O=[N+]([O-])c1c(Br)cccc1N=Nc1ccccc1. The molecule has 6 heteroatoms. The van der Waals surface area contributed by atoms with Crippen LogP contribution < -0.4 is 0 Å². The van der Waals surface area contributed by atoms with Gasteiger partial charge in [0.05, 0.1) is 15.1 Å². The molecule has 90 valence electrons. The zero-order chi connectivity index (χ0) is 13.0. The molecule has 2 aromatic carbocycles. The van der Waals surface area contributed by atoms with Gasteiger partial charge < -0.3 is 0 Å². The van der Waals surface area contributed by atoms with Crippen molar-refractivity contribution in [3.05, 3.63) is 63.1 Å². The lowest BCUT2D eigenvalue weighted by atomic mass is 10.3. The molecule has 18 heavy (non-hydrogen) atoms. The van der Waals surface area contributed by atoms with Gasteiger partial charge in [0.15, 0.2) is 5.69 Å². The van der Waals surface area contributed by atoms with E-state index in [1.807, 2.05) is 18.2 Å². The van der Waals surface area contributed by atoms with Gasteiger partial charge in [0.1, 0.15) is 0 Å². The summed E-state index contributed by atoms with van der Waals surface area (Å²) in [5.41, 5.74) is 0.780. The summed E-state index contributed by atoms with van der Waals surface area (Å²) in [4.78, 5) is 10.4. The summed E-state index contributed by atoms with van der Waals surface area (Å²) in [5.74, 6) is 0. The van der Waals surface area contributed by atoms with Gasteiger partial charge in [-0.15, -0.1) is 5.11 Å². The molecule has 0 N–H and O–H groups in total. The van der Waals surface area contributed by atoms with E-state index in [0.29, 0.717) is 10.2 Å². The van der Waals surface area contributed by atoms with Crippen molar-refractivity contribution >= 4 is 33.0 Å². The van der Waals surface area contributed by atoms with E-state index in [9.17, 15) is 10.1 Å². The summed E-state index contributed by atoms with van der Waals surface area (Å²) in [5, 5.41) is 18.8. The summed E-state index contributed by atoms with van der Waals surface area (Å²) in [6.07, 6.45) is 0. The molecular weight excluding hydrogens is 298 g/mol. The van der Waals surface area contributed by atoms with Crippen LogP contribution in [0.4, 0.5) is 17.1 Å². The van der Waals surface area contributed by atoms with E-state index in [1.54, 1.807) is 30.3 Å². The van der Waals surface area contributed by atoms with Gasteiger partial charge in [-0.05, 0) is 40.2 Å². The number of hydrogen-bond acceptors (Lipinski definition) is 4. The summed E-state index contributed by atoms with van der Waals surface area (Å²) in [7, 11) is 0. The smallest absolute Gasteiger partial charge is 0.258 e. The third-order valence-electron chi connectivity index (χ3n) is 2.18. The van der Waals surface area contributed by atoms with Gasteiger partial charge >= 0.3 is 5.69 Å². The summed E-state index contributed by atoms with van der Waals surface area (Å²) in [6, 6.07) is 13.9. The highest BCUT2D eigenvalue weighted by molar-refractivity contribution is 9.10. The number of halogens is 1. The van der Waals surface area contributed by atoms with Gasteiger partial charge in [-0.1, -0.05) is 24.3 Å². The molecule has 0 radical (unpaired) electrons. The highest BCUT2D eigenvalue weighted by atomic mass is 79.9. The number of nitro benzene ring substituents is 1. The number of hydrogen-bond donors (Lipinski definition) is 0. The molecule has 0 amide bonds. The maximum Gasteiger partial charge on any atom is 0.310 e. The van der Waals surface area contributed by atoms with Gasteiger partial charge in [-0.3, -0.25) is 10.1 Å². The fourth-order valence-electron chi connectivity index (χ4n) is 1.37. The van der Waals surface area contributed by atoms with Crippen molar-refractivity contribution in [2.45, 2.75) is 0 Å². The maximum atomic E-state index is 10.9. The monoisotopic (exact) mass is 305 g/mol. The fraction of sp³-hybridized carbons (Fsp3) is 0. The second-order valence-electron chi connectivity index (χ2n) is 3.40. The standard InChI is InChI=1S/C12H8BrN3O2/c13-10-7-4-8-11(12(10)16(17)18)15-14-9-5-2-1-3-6-9/h1-8H. The van der Waals surface area contributed by atoms with Crippen LogP contribution in [0.1, 0.15) is 0 Å². The van der Waals surface area contributed by atoms with E-state index in [4.69, 9.17) is 0 Å². The molecule has 0 fully saturated rings. The molecule has 0 atom stereocenters. The van der Waals surface area contributed by atoms with Crippen LogP contribution in [0.15, 0.2) is 63.2 Å². The molecule has 0 saturated heterocycles. The Morgan fingerprint density at radius 3 is 2.39 bits per heavy atom. The predicted molar refractivity (Wildman–Crippen MR) is 71.4 cm³/mol. The molecule has 0 aliphatic rings. The van der Waals surface area contributed by atoms with Crippen molar-refractivity contribution in [1.82, 2.24) is 0 Å². The van der Waals surface area contributed by atoms with Crippen LogP contribution in [0, 0.1) is 10.1 Å². The third-order valence-corrected chi connectivity index (χ3v) is 2.82. The quantitative estimate of drug-likeness (QED) is 0.465. The molecule has 2 aromatic rings. The number of azo groups is 1. The van der Waals surface area contributed by atoms with Crippen LogP contribution in [0.5, 0.6) is 0 Å². The second-order valence-corrected chi connectivity index (χ2v) is 4.25. The fourth-order valence-corrected chi connectivity index (χ4v) is 1.87. The first-order chi connectivity index (χ1) is 8.68. The summed E-state index contributed by atoms with van der Waals surface area (Å²) >= 11 is 3.13. The Balaban J connectivity index is 2.38. The first-order valence-corrected chi connectivity index (χ1v) is 5.87. The van der Waals surface area contributed by atoms with E-state index in [-0.39, 0.29) is 11.4 Å². The highest BCUT2D eigenvalue weighted by Crippen LogP contribution is 2.35. The zero-order valence-electron chi connectivity index (χ0n) is 9.15. The van der Waals surface area contributed by atoms with Crippen LogP contribution >= 0.6 is 15.9 Å². The molecular formula is C12H8BrN3O2.